The molecule has 2 fully saturated rings. The van der Waals surface area contributed by atoms with Crippen LogP contribution in [-0.4, -0.2) is 37.0 Å². The second-order valence-corrected chi connectivity index (χ2v) is 4.36. The highest BCUT2D eigenvalue weighted by atomic mass is 16.2. The van der Waals surface area contributed by atoms with Crippen LogP contribution >= 0.6 is 0 Å². The van der Waals surface area contributed by atoms with Gasteiger partial charge in [-0.05, 0) is 32.7 Å². The van der Waals surface area contributed by atoms with E-state index in [4.69, 9.17) is 0 Å². The highest BCUT2D eigenvalue weighted by Gasteiger charge is 2.47. The molecule has 0 aromatic heterocycles. The first-order chi connectivity index (χ1) is 6.22. The minimum atomic E-state index is 0.401. The van der Waals surface area contributed by atoms with E-state index in [1.165, 1.54) is 6.42 Å². The van der Waals surface area contributed by atoms with Gasteiger partial charge in [0.15, 0.2) is 0 Å². The van der Waals surface area contributed by atoms with E-state index in [-0.39, 0.29) is 0 Å². The maximum atomic E-state index is 11.7. The summed E-state index contributed by atoms with van der Waals surface area (Å²) < 4.78 is 0. The van der Waals surface area contributed by atoms with Crippen molar-refractivity contribution in [1.29, 1.82) is 0 Å². The predicted octanol–water partition coefficient (Wildman–Crippen LogP) is 0.463. The molecule has 1 N–H and O–H groups in total. The smallest absolute Gasteiger partial charge is 0.226 e. The Morgan fingerprint density at radius 3 is 3.15 bits per heavy atom. The van der Waals surface area contributed by atoms with E-state index in [0.717, 1.165) is 25.4 Å². The molecular weight excluding hydrogens is 164 g/mol. The van der Waals surface area contributed by atoms with E-state index in [2.05, 4.69) is 12.2 Å². The summed E-state index contributed by atoms with van der Waals surface area (Å²) in [6, 6.07) is 0.416. The molecule has 3 heteroatoms. The van der Waals surface area contributed by atoms with Crippen molar-refractivity contribution >= 4 is 5.91 Å². The van der Waals surface area contributed by atoms with Crippen molar-refractivity contribution < 1.29 is 4.79 Å². The van der Waals surface area contributed by atoms with Crippen LogP contribution in [0, 0.1) is 11.8 Å². The van der Waals surface area contributed by atoms with Crippen molar-refractivity contribution in [1.82, 2.24) is 10.2 Å². The number of hydrogen-bond donors (Lipinski definition) is 1. The van der Waals surface area contributed by atoms with Gasteiger partial charge in [0.1, 0.15) is 0 Å². The molecule has 1 saturated heterocycles. The third-order valence-corrected chi connectivity index (χ3v) is 3.31. The number of likely N-dealkylation sites (N-methyl/N-ethyl adjacent to an activating group) is 1. The summed E-state index contributed by atoms with van der Waals surface area (Å²) in [5, 5.41) is 3.17. The molecule has 3 nitrogen and oxygen atoms in total. The molecule has 0 aromatic rings. The van der Waals surface area contributed by atoms with Gasteiger partial charge in [-0.2, -0.15) is 0 Å². The SMILES string of the molecule is CNC(C)CN1CCC2CC2C1=O. The van der Waals surface area contributed by atoms with Gasteiger partial charge in [-0.15, -0.1) is 0 Å². The van der Waals surface area contributed by atoms with Crippen LogP contribution in [-0.2, 0) is 4.79 Å². The lowest BCUT2D eigenvalue weighted by atomic mass is 10.1. The van der Waals surface area contributed by atoms with Crippen molar-refractivity contribution in [2.45, 2.75) is 25.8 Å². The molecule has 1 saturated carbocycles. The van der Waals surface area contributed by atoms with Crippen LogP contribution < -0.4 is 5.32 Å². The lowest BCUT2D eigenvalue weighted by Crippen LogP contribution is -2.44. The van der Waals surface area contributed by atoms with E-state index in [0.29, 0.717) is 17.9 Å². The van der Waals surface area contributed by atoms with Crippen molar-refractivity contribution in [3.8, 4) is 0 Å². The molecule has 3 atom stereocenters. The van der Waals surface area contributed by atoms with Crippen molar-refractivity contribution in [3.05, 3.63) is 0 Å². The third kappa shape index (κ3) is 1.70. The molecule has 0 aromatic carbocycles. The fourth-order valence-corrected chi connectivity index (χ4v) is 2.14. The average molecular weight is 182 g/mol. The summed E-state index contributed by atoms with van der Waals surface area (Å²) in [5.41, 5.74) is 0. The molecule has 0 radical (unpaired) electrons. The summed E-state index contributed by atoms with van der Waals surface area (Å²) in [4.78, 5) is 13.7. The summed E-state index contributed by atoms with van der Waals surface area (Å²) in [5.74, 6) is 1.55. The highest BCUT2D eigenvalue weighted by molar-refractivity contribution is 5.82. The Morgan fingerprint density at radius 1 is 1.69 bits per heavy atom. The average Bonchev–Trinajstić information content (AvgIpc) is 2.89. The minimum absolute atomic E-state index is 0.401. The Hall–Kier alpha value is -0.570. The molecule has 1 heterocycles. The zero-order chi connectivity index (χ0) is 9.42. The van der Waals surface area contributed by atoms with Crippen LogP contribution in [0.3, 0.4) is 0 Å². The fraction of sp³-hybridized carbons (Fsp3) is 0.900. The monoisotopic (exact) mass is 182 g/mol. The van der Waals surface area contributed by atoms with Crippen LogP contribution in [0.4, 0.5) is 0 Å². The standard InChI is InChI=1S/C10H18N2O/c1-7(11-2)6-12-4-3-8-5-9(8)10(12)13/h7-9,11H,3-6H2,1-2H3. The molecule has 1 amide bonds. The van der Waals surface area contributed by atoms with Crippen LogP contribution in [0.5, 0.6) is 0 Å². The topological polar surface area (TPSA) is 32.3 Å². The minimum Gasteiger partial charge on any atom is -0.341 e. The number of piperidine rings is 1. The number of carbonyl (C=O) groups excluding carboxylic acids is 1. The Labute approximate surface area is 79.5 Å². The van der Waals surface area contributed by atoms with Gasteiger partial charge in [-0.25, -0.2) is 0 Å². The lowest BCUT2D eigenvalue weighted by molar-refractivity contribution is -0.135. The second kappa shape index (κ2) is 3.29. The number of amides is 1. The Kier molecular flexibility index (Phi) is 2.28. The molecule has 1 aliphatic heterocycles. The normalized spacial score (nSPS) is 34.3. The molecule has 74 valence electrons. The van der Waals surface area contributed by atoms with Crippen LogP contribution in [0.1, 0.15) is 19.8 Å². The maximum absolute atomic E-state index is 11.7. The number of fused-ring (bicyclic) bond motifs is 1. The van der Waals surface area contributed by atoms with Crippen molar-refractivity contribution in [3.63, 3.8) is 0 Å². The summed E-state index contributed by atoms with van der Waals surface area (Å²) in [7, 11) is 1.94. The lowest BCUT2D eigenvalue weighted by Gasteiger charge is -2.28. The predicted molar refractivity (Wildman–Crippen MR) is 51.3 cm³/mol. The van der Waals surface area contributed by atoms with Gasteiger partial charge in [0.05, 0.1) is 0 Å². The van der Waals surface area contributed by atoms with Gasteiger partial charge in [0.2, 0.25) is 5.91 Å². The van der Waals surface area contributed by atoms with Gasteiger partial charge < -0.3 is 10.2 Å². The molecule has 2 rings (SSSR count). The molecule has 0 spiro atoms. The fourth-order valence-electron chi connectivity index (χ4n) is 2.14. The Balaban J connectivity index is 1.88. The molecule has 1 aliphatic carbocycles. The van der Waals surface area contributed by atoms with Crippen LogP contribution in [0.25, 0.3) is 0 Å². The van der Waals surface area contributed by atoms with Gasteiger partial charge in [-0.1, -0.05) is 0 Å². The first-order valence-electron chi connectivity index (χ1n) is 5.18. The summed E-state index contributed by atoms with van der Waals surface area (Å²) >= 11 is 0. The molecule has 3 unspecified atom stereocenters. The summed E-state index contributed by atoms with van der Waals surface area (Å²) in [6.45, 7) is 3.97. The van der Waals surface area contributed by atoms with Gasteiger partial charge in [-0.3, -0.25) is 4.79 Å². The zero-order valence-corrected chi connectivity index (χ0v) is 8.42. The number of carbonyl (C=O) groups is 1. The third-order valence-electron chi connectivity index (χ3n) is 3.31. The van der Waals surface area contributed by atoms with E-state index < -0.39 is 0 Å². The Bertz CT molecular complexity index is 217. The van der Waals surface area contributed by atoms with Gasteiger partial charge in [0, 0.05) is 25.0 Å². The van der Waals surface area contributed by atoms with E-state index >= 15 is 0 Å². The quantitative estimate of drug-likeness (QED) is 0.688. The maximum Gasteiger partial charge on any atom is 0.226 e. The first-order valence-corrected chi connectivity index (χ1v) is 5.18. The number of nitrogens with zero attached hydrogens (tertiary/aromatic N) is 1. The van der Waals surface area contributed by atoms with Crippen molar-refractivity contribution in [2.75, 3.05) is 20.1 Å². The highest BCUT2D eigenvalue weighted by Crippen LogP contribution is 2.45. The van der Waals surface area contributed by atoms with E-state index in [9.17, 15) is 4.79 Å². The van der Waals surface area contributed by atoms with Gasteiger partial charge in [0.25, 0.3) is 0 Å². The summed E-state index contributed by atoms with van der Waals surface area (Å²) in [6.07, 6.45) is 2.39. The van der Waals surface area contributed by atoms with Gasteiger partial charge >= 0.3 is 0 Å². The van der Waals surface area contributed by atoms with E-state index in [1.807, 2.05) is 11.9 Å². The van der Waals surface area contributed by atoms with Crippen molar-refractivity contribution in [2.24, 2.45) is 11.8 Å². The Morgan fingerprint density at radius 2 is 2.46 bits per heavy atom. The molecule has 13 heavy (non-hydrogen) atoms. The molecule has 2 aliphatic rings. The number of rotatable bonds is 3. The first kappa shape index (κ1) is 9.00. The molecule has 0 bridgehead atoms. The largest absolute Gasteiger partial charge is 0.341 e. The number of likely N-dealkylation sites (tertiary alicyclic amines) is 1. The van der Waals surface area contributed by atoms with Crippen LogP contribution in [0.15, 0.2) is 0 Å². The second-order valence-electron chi connectivity index (χ2n) is 4.36. The number of nitrogens with one attached hydrogen (secondary N) is 1. The molecular formula is C10H18N2O. The van der Waals surface area contributed by atoms with Crippen LogP contribution in [0.2, 0.25) is 0 Å². The zero-order valence-electron chi connectivity index (χ0n) is 8.42. The van der Waals surface area contributed by atoms with E-state index in [1.54, 1.807) is 0 Å². The number of hydrogen-bond acceptors (Lipinski definition) is 2.